The largest absolute Gasteiger partial charge is 0.390 e. The molecule has 2 aromatic carbocycles. The molecule has 6 nitrogen and oxygen atoms in total. The molecule has 3 N–H and O–H groups in total. The van der Waals surface area contributed by atoms with Crippen LogP contribution in [-0.2, 0) is 30.7 Å². The number of halogens is 2. The molecule has 0 fully saturated rings. The Morgan fingerprint density at radius 2 is 1.83 bits per heavy atom. The molecule has 0 aliphatic rings. The Hall–Kier alpha value is -3.10. The molecule has 0 radical (unpaired) electrons. The Morgan fingerprint density at radius 3 is 2.54 bits per heavy atom. The van der Waals surface area contributed by atoms with Gasteiger partial charge in [0.05, 0.1) is 12.1 Å². The van der Waals surface area contributed by atoms with Crippen LogP contribution in [-0.4, -0.2) is 39.5 Å². The highest BCUT2D eigenvalue weighted by Crippen LogP contribution is 2.13. The van der Waals surface area contributed by atoms with E-state index in [1.807, 2.05) is 29.1 Å². The van der Waals surface area contributed by atoms with Gasteiger partial charge in [-0.25, -0.2) is 8.78 Å². The van der Waals surface area contributed by atoms with E-state index in [0.29, 0.717) is 24.9 Å². The van der Waals surface area contributed by atoms with Crippen molar-refractivity contribution in [3.05, 3.63) is 89.2 Å². The number of aliphatic hydroxyl groups excluding tert-OH is 1. The predicted octanol–water partition coefficient (Wildman–Crippen LogP) is 3.77. The van der Waals surface area contributed by atoms with Crippen LogP contribution in [0, 0.1) is 11.6 Å². The van der Waals surface area contributed by atoms with E-state index in [1.165, 1.54) is 17.7 Å². The fourth-order valence-electron chi connectivity index (χ4n) is 4.00. The normalized spacial score (nSPS) is 12.9. The van der Waals surface area contributed by atoms with E-state index in [4.69, 9.17) is 0 Å². The number of benzene rings is 2. The van der Waals surface area contributed by atoms with Crippen molar-refractivity contribution in [1.29, 1.82) is 0 Å². The number of aliphatic hydroxyl groups is 1. The van der Waals surface area contributed by atoms with Gasteiger partial charge in [0.25, 0.3) is 0 Å². The van der Waals surface area contributed by atoms with Gasteiger partial charge in [-0.1, -0.05) is 31.2 Å². The van der Waals surface area contributed by atoms with Gasteiger partial charge in [-0.2, -0.15) is 5.10 Å². The Morgan fingerprint density at radius 1 is 1.06 bits per heavy atom. The summed E-state index contributed by atoms with van der Waals surface area (Å²) in [6.45, 7) is 3.60. The first-order chi connectivity index (χ1) is 16.9. The van der Waals surface area contributed by atoms with E-state index < -0.39 is 23.8 Å². The van der Waals surface area contributed by atoms with Gasteiger partial charge in [0.2, 0.25) is 5.91 Å². The van der Waals surface area contributed by atoms with Crippen LogP contribution in [0.2, 0.25) is 0 Å². The van der Waals surface area contributed by atoms with Gasteiger partial charge >= 0.3 is 0 Å². The number of carbonyl (C=O) groups excluding carboxylic acids is 1. The van der Waals surface area contributed by atoms with Gasteiger partial charge in [-0.3, -0.25) is 9.48 Å². The quantitative estimate of drug-likeness (QED) is 0.305. The van der Waals surface area contributed by atoms with Crippen LogP contribution in [0.1, 0.15) is 42.9 Å². The van der Waals surface area contributed by atoms with Crippen LogP contribution >= 0.6 is 0 Å². The van der Waals surface area contributed by atoms with E-state index in [0.717, 1.165) is 31.0 Å². The van der Waals surface area contributed by atoms with Gasteiger partial charge in [0, 0.05) is 44.5 Å². The molecule has 35 heavy (non-hydrogen) atoms. The van der Waals surface area contributed by atoms with Crippen molar-refractivity contribution >= 4 is 5.91 Å². The molecular weight excluding hydrogens is 450 g/mol. The number of rotatable bonds is 14. The minimum Gasteiger partial charge on any atom is -0.390 e. The van der Waals surface area contributed by atoms with Crippen LogP contribution in [0.5, 0.6) is 0 Å². The Kier molecular flexibility index (Phi) is 10.4. The zero-order chi connectivity index (χ0) is 25.0. The minimum atomic E-state index is -0.941. The number of nitrogens with one attached hydrogen (secondary N) is 2. The molecule has 0 bridgehead atoms. The number of aromatic nitrogens is 2. The average Bonchev–Trinajstić information content (AvgIpc) is 3.34. The summed E-state index contributed by atoms with van der Waals surface area (Å²) in [4.78, 5) is 12.6. The first-order valence-electron chi connectivity index (χ1n) is 12.1. The smallest absolute Gasteiger partial charge is 0.220 e. The molecule has 0 aliphatic heterocycles. The first kappa shape index (κ1) is 26.5. The maximum Gasteiger partial charge on any atom is 0.220 e. The second-order valence-corrected chi connectivity index (χ2v) is 8.75. The van der Waals surface area contributed by atoms with Gasteiger partial charge in [-0.05, 0) is 60.6 Å². The number of hydrogen-bond acceptors (Lipinski definition) is 4. The molecule has 1 amide bonds. The third kappa shape index (κ3) is 9.22. The first-order valence-corrected chi connectivity index (χ1v) is 12.1. The lowest BCUT2D eigenvalue weighted by molar-refractivity contribution is -0.122. The summed E-state index contributed by atoms with van der Waals surface area (Å²) in [6.07, 6.45) is 5.44. The summed E-state index contributed by atoms with van der Waals surface area (Å²) in [5.41, 5.74) is 2.71. The third-order valence-electron chi connectivity index (χ3n) is 5.87. The van der Waals surface area contributed by atoms with Crippen molar-refractivity contribution in [2.75, 3.05) is 6.54 Å². The lowest BCUT2D eigenvalue weighted by atomic mass is 10.00. The summed E-state index contributed by atoms with van der Waals surface area (Å²) >= 11 is 0. The number of amides is 1. The van der Waals surface area contributed by atoms with Crippen molar-refractivity contribution < 1.29 is 18.7 Å². The van der Waals surface area contributed by atoms with E-state index in [1.54, 1.807) is 6.20 Å². The van der Waals surface area contributed by atoms with E-state index >= 15 is 0 Å². The van der Waals surface area contributed by atoms with Gasteiger partial charge in [0.15, 0.2) is 0 Å². The maximum absolute atomic E-state index is 13.7. The maximum atomic E-state index is 13.7. The number of carbonyl (C=O) groups is 1. The van der Waals surface area contributed by atoms with E-state index in [9.17, 15) is 18.7 Å². The number of nitrogens with zero attached hydrogens (tertiary/aromatic N) is 2. The minimum absolute atomic E-state index is 0.113. The lowest BCUT2D eigenvalue weighted by Crippen LogP contribution is -2.48. The summed E-state index contributed by atoms with van der Waals surface area (Å²) in [5.74, 6) is -1.58. The van der Waals surface area contributed by atoms with Crippen molar-refractivity contribution in [3.8, 4) is 0 Å². The molecular formula is C27H34F2N4O2. The highest BCUT2D eigenvalue weighted by atomic mass is 19.1. The van der Waals surface area contributed by atoms with Crippen LogP contribution in [0.4, 0.5) is 8.78 Å². The SMILES string of the molecule is CCc1cccc(CNC[C@H](O)[C@H](Cc2cc(F)cc(F)c2)NC(=O)CCCCn2cccn2)c1. The molecule has 3 rings (SSSR count). The van der Waals surface area contributed by atoms with E-state index in [2.05, 4.69) is 34.8 Å². The molecule has 0 saturated heterocycles. The summed E-state index contributed by atoms with van der Waals surface area (Å²) in [7, 11) is 0. The zero-order valence-corrected chi connectivity index (χ0v) is 20.1. The molecule has 1 aromatic heterocycles. The van der Waals surface area contributed by atoms with Crippen LogP contribution in [0.25, 0.3) is 0 Å². The van der Waals surface area contributed by atoms with Crippen LogP contribution in [0.15, 0.2) is 60.9 Å². The van der Waals surface area contributed by atoms with Crippen molar-refractivity contribution in [2.24, 2.45) is 0 Å². The predicted molar refractivity (Wildman–Crippen MR) is 132 cm³/mol. The molecule has 0 aliphatic carbocycles. The molecule has 188 valence electrons. The standard InChI is InChI=1S/C27H34F2N4O2/c1-2-20-7-5-8-21(13-20)18-30-19-26(34)25(16-22-14-23(28)17-24(29)15-22)32-27(35)9-3-4-11-33-12-6-10-31-33/h5-8,10,12-15,17,25-26,30,34H,2-4,9,11,16,18-19H2,1H3,(H,32,35)/t25-,26-/m0/s1. The van der Waals surface area contributed by atoms with Gasteiger partial charge in [-0.15, -0.1) is 0 Å². The zero-order valence-electron chi connectivity index (χ0n) is 20.1. The monoisotopic (exact) mass is 484 g/mol. The second-order valence-electron chi connectivity index (χ2n) is 8.75. The van der Waals surface area contributed by atoms with Gasteiger partial charge < -0.3 is 15.7 Å². The molecule has 2 atom stereocenters. The molecule has 0 unspecified atom stereocenters. The Labute approximate surface area is 205 Å². The molecule has 1 heterocycles. The summed E-state index contributed by atoms with van der Waals surface area (Å²) in [5, 5.41) is 21.1. The van der Waals surface area contributed by atoms with Crippen LogP contribution < -0.4 is 10.6 Å². The fourth-order valence-corrected chi connectivity index (χ4v) is 4.00. The fraction of sp³-hybridized carbons (Fsp3) is 0.407. The molecule has 0 spiro atoms. The average molecular weight is 485 g/mol. The van der Waals surface area contributed by atoms with Crippen molar-refractivity contribution in [2.45, 2.75) is 64.3 Å². The third-order valence-corrected chi connectivity index (χ3v) is 5.87. The number of aryl methyl sites for hydroxylation is 2. The number of unbranched alkanes of at least 4 members (excludes halogenated alkanes) is 1. The highest BCUT2D eigenvalue weighted by Gasteiger charge is 2.22. The Balaban J connectivity index is 1.55. The van der Waals surface area contributed by atoms with Crippen LogP contribution in [0.3, 0.4) is 0 Å². The molecule has 3 aromatic rings. The summed E-state index contributed by atoms with van der Waals surface area (Å²) in [6, 6.07) is 12.6. The molecule has 8 heteroatoms. The Bertz CT molecular complexity index is 1040. The lowest BCUT2D eigenvalue weighted by Gasteiger charge is -2.25. The molecule has 0 saturated carbocycles. The number of hydrogen-bond donors (Lipinski definition) is 3. The second kappa shape index (κ2) is 13.7. The summed E-state index contributed by atoms with van der Waals surface area (Å²) < 4.78 is 29.2. The van der Waals surface area contributed by atoms with Crippen molar-refractivity contribution in [1.82, 2.24) is 20.4 Å². The van der Waals surface area contributed by atoms with E-state index in [-0.39, 0.29) is 18.9 Å². The van der Waals surface area contributed by atoms with Crippen molar-refractivity contribution in [3.63, 3.8) is 0 Å². The highest BCUT2D eigenvalue weighted by molar-refractivity contribution is 5.76. The topological polar surface area (TPSA) is 79.2 Å². The van der Waals surface area contributed by atoms with Gasteiger partial charge in [0.1, 0.15) is 11.6 Å².